The summed E-state index contributed by atoms with van der Waals surface area (Å²) >= 11 is 0. The number of nitrogens with one attached hydrogen (secondary N) is 2. The van der Waals surface area contributed by atoms with Crippen molar-refractivity contribution in [3.05, 3.63) is 35.4 Å². The molecule has 1 saturated heterocycles. The first-order valence-corrected chi connectivity index (χ1v) is 10.4. The van der Waals surface area contributed by atoms with E-state index < -0.39 is 0 Å². The van der Waals surface area contributed by atoms with E-state index in [1.54, 1.807) is 0 Å². The molecular formula is C22H37IN4O2. The van der Waals surface area contributed by atoms with Crippen LogP contribution in [0.25, 0.3) is 0 Å². The summed E-state index contributed by atoms with van der Waals surface area (Å²) in [6.07, 6.45) is 1.27. The molecular weight excluding hydrogens is 479 g/mol. The van der Waals surface area contributed by atoms with Gasteiger partial charge in [0.25, 0.3) is 5.91 Å². The number of aliphatic imine (C=N–C) groups is 1. The molecule has 1 aromatic carbocycles. The summed E-state index contributed by atoms with van der Waals surface area (Å²) in [5, 5.41) is 6.64. The standard InChI is InChI=1S/C22H36N4O2.HI/c1-6-23-22(24-12-11-16(2)3)25-13-19-7-9-20(10-8-19)21(27)26-14-17(4)28-18(5)15-26;/h7-10,16-18H,6,11-15H2,1-5H3,(H2,23,24,25);1H. The van der Waals surface area contributed by atoms with Gasteiger partial charge in [-0.2, -0.15) is 0 Å². The molecule has 0 radical (unpaired) electrons. The molecule has 1 aliphatic heterocycles. The Balaban J connectivity index is 0.00000420. The number of ether oxygens (including phenoxy) is 1. The first kappa shape index (κ1) is 25.7. The number of nitrogens with zero attached hydrogens (tertiary/aromatic N) is 2. The van der Waals surface area contributed by atoms with Crippen LogP contribution in [0.4, 0.5) is 0 Å². The SMILES string of the molecule is CCNC(=NCc1ccc(C(=O)N2CC(C)OC(C)C2)cc1)NCCC(C)C.I. The zero-order chi connectivity index (χ0) is 20.5. The molecule has 7 heteroatoms. The van der Waals surface area contributed by atoms with Crippen LogP contribution in [0.2, 0.25) is 0 Å². The van der Waals surface area contributed by atoms with Gasteiger partial charge in [0, 0.05) is 31.7 Å². The minimum Gasteiger partial charge on any atom is -0.372 e. The fourth-order valence-corrected chi connectivity index (χ4v) is 3.27. The van der Waals surface area contributed by atoms with E-state index in [4.69, 9.17) is 4.74 Å². The van der Waals surface area contributed by atoms with Crippen LogP contribution in [0, 0.1) is 5.92 Å². The number of carbonyl (C=O) groups excluding carboxylic acids is 1. The highest BCUT2D eigenvalue weighted by atomic mass is 127. The average Bonchev–Trinajstić information content (AvgIpc) is 2.65. The summed E-state index contributed by atoms with van der Waals surface area (Å²) in [4.78, 5) is 19.3. The van der Waals surface area contributed by atoms with Crippen molar-refractivity contribution < 1.29 is 9.53 Å². The van der Waals surface area contributed by atoms with E-state index in [0.717, 1.165) is 36.6 Å². The Kier molecular flexibility index (Phi) is 11.6. The average molecular weight is 516 g/mol. The van der Waals surface area contributed by atoms with Gasteiger partial charge in [0.2, 0.25) is 0 Å². The molecule has 0 aliphatic carbocycles. The molecule has 1 amide bonds. The van der Waals surface area contributed by atoms with E-state index >= 15 is 0 Å². The molecule has 2 rings (SSSR count). The van der Waals surface area contributed by atoms with Crippen molar-refractivity contribution >= 4 is 35.8 Å². The highest BCUT2D eigenvalue weighted by Crippen LogP contribution is 2.15. The van der Waals surface area contributed by atoms with Gasteiger partial charge in [-0.15, -0.1) is 24.0 Å². The Bertz CT molecular complexity index is 639. The van der Waals surface area contributed by atoms with Gasteiger partial charge in [-0.05, 0) is 50.8 Å². The van der Waals surface area contributed by atoms with E-state index in [-0.39, 0.29) is 42.1 Å². The molecule has 2 atom stereocenters. The lowest BCUT2D eigenvalue weighted by Crippen LogP contribution is -2.48. The summed E-state index contributed by atoms with van der Waals surface area (Å²) < 4.78 is 5.72. The number of hydrogen-bond donors (Lipinski definition) is 2. The van der Waals surface area contributed by atoms with Crippen molar-refractivity contribution in [1.29, 1.82) is 0 Å². The van der Waals surface area contributed by atoms with Crippen LogP contribution in [-0.4, -0.2) is 55.2 Å². The van der Waals surface area contributed by atoms with Crippen molar-refractivity contribution in [2.24, 2.45) is 10.9 Å². The number of hydrogen-bond acceptors (Lipinski definition) is 3. The topological polar surface area (TPSA) is 66.0 Å². The number of halogens is 1. The van der Waals surface area contributed by atoms with Crippen LogP contribution >= 0.6 is 24.0 Å². The second-order valence-electron chi connectivity index (χ2n) is 7.97. The molecule has 0 bridgehead atoms. The number of rotatable bonds is 7. The first-order valence-electron chi connectivity index (χ1n) is 10.4. The molecule has 29 heavy (non-hydrogen) atoms. The molecule has 0 spiro atoms. The summed E-state index contributed by atoms with van der Waals surface area (Å²) in [7, 11) is 0. The van der Waals surface area contributed by atoms with Gasteiger partial charge in [0.15, 0.2) is 5.96 Å². The Hall–Kier alpha value is -1.35. The Labute approximate surface area is 192 Å². The lowest BCUT2D eigenvalue weighted by molar-refractivity contribution is -0.0586. The maximum absolute atomic E-state index is 12.7. The van der Waals surface area contributed by atoms with Gasteiger partial charge >= 0.3 is 0 Å². The number of carbonyl (C=O) groups is 1. The minimum atomic E-state index is 0. The van der Waals surface area contributed by atoms with Crippen molar-refractivity contribution in [2.75, 3.05) is 26.2 Å². The molecule has 1 aliphatic rings. The van der Waals surface area contributed by atoms with E-state index in [1.165, 1.54) is 0 Å². The van der Waals surface area contributed by atoms with Crippen LogP contribution < -0.4 is 10.6 Å². The molecule has 2 unspecified atom stereocenters. The maximum Gasteiger partial charge on any atom is 0.254 e. The molecule has 2 N–H and O–H groups in total. The van der Waals surface area contributed by atoms with Crippen molar-refractivity contribution in [1.82, 2.24) is 15.5 Å². The van der Waals surface area contributed by atoms with E-state index in [2.05, 4.69) is 36.4 Å². The smallest absolute Gasteiger partial charge is 0.254 e. The number of amides is 1. The van der Waals surface area contributed by atoms with Crippen LogP contribution in [0.3, 0.4) is 0 Å². The molecule has 0 saturated carbocycles. The highest BCUT2D eigenvalue weighted by molar-refractivity contribution is 14.0. The second kappa shape index (κ2) is 13.1. The monoisotopic (exact) mass is 516 g/mol. The van der Waals surface area contributed by atoms with Gasteiger partial charge in [0.05, 0.1) is 18.8 Å². The quantitative estimate of drug-likeness (QED) is 0.330. The normalized spacial score (nSPS) is 19.7. The predicted octanol–water partition coefficient (Wildman–Crippen LogP) is 3.66. The van der Waals surface area contributed by atoms with Crippen LogP contribution in [0.1, 0.15) is 57.0 Å². The zero-order valence-corrected chi connectivity index (χ0v) is 20.7. The number of morpholine rings is 1. The van der Waals surface area contributed by atoms with Crippen molar-refractivity contribution in [3.63, 3.8) is 0 Å². The fraction of sp³-hybridized carbons (Fsp3) is 0.636. The van der Waals surface area contributed by atoms with Gasteiger partial charge < -0.3 is 20.3 Å². The lowest BCUT2D eigenvalue weighted by Gasteiger charge is -2.35. The van der Waals surface area contributed by atoms with Crippen LogP contribution in [-0.2, 0) is 11.3 Å². The first-order chi connectivity index (χ1) is 13.4. The Morgan fingerprint density at radius 3 is 2.34 bits per heavy atom. The van der Waals surface area contributed by atoms with Crippen molar-refractivity contribution in [2.45, 2.75) is 59.8 Å². The minimum absolute atomic E-state index is 0. The van der Waals surface area contributed by atoms with Crippen LogP contribution in [0.15, 0.2) is 29.3 Å². The molecule has 6 nitrogen and oxygen atoms in total. The largest absolute Gasteiger partial charge is 0.372 e. The summed E-state index contributed by atoms with van der Waals surface area (Å²) in [6.45, 7) is 14.1. The summed E-state index contributed by atoms with van der Waals surface area (Å²) in [5.74, 6) is 1.57. The molecule has 164 valence electrons. The zero-order valence-electron chi connectivity index (χ0n) is 18.4. The van der Waals surface area contributed by atoms with E-state index in [0.29, 0.717) is 25.6 Å². The third-order valence-corrected chi connectivity index (χ3v) is 4.69. The molecule has 1 heterocycles. The lowest BCUT2D eigenvalue weighted by atomic mass is 10.1. The van der Waals surface area contributed by atoms with E-state index in [9.17, 15) is 4.79 Å². The van der Waals surface area contributed by atoms with Gasteiger partial charge in [-0.3, -0.25) is 4.79 Å². The third kappa shape index (κ3) is 8.90. The number of benzene rings is 1. The number of guanidine groups is 1. The fourth-order valence-electron chi connectivity index (χ4n) is 3.27. The van der Waals surface area contributed by atoms with Gasteiger partial charge in [0.1, 0.15) is 0 Å². The van der Waals surface area contributed by atoms with E-state index in [1.807, 2.05) is 43.0 Å². The Morgan fingerprint density at radius 1 is 1.17 bits per heavy atom. The van der Waals surface area contributed by atoms with Gasteiger partial charge in [-0.25, -0.2) is 4.99 Å². The van der Waals surface area contributed by atoms with Crippen LogP contribution in [0.5, 0.6) is 0 Å². The summed E-state index contributed by atoms with van der Waals surface area (Å²) in [5.41, 5.74) is 1.80. The molecule has 1 fully saturated rings. The maximum atomic E-state index is 12.7. The molecule has 1 aromatic rings. The summed E-state index contributed by atoms with van der Waals surface area (Å²) in [6, 6.07) is 7.78. The molecule has 0 aromatic heterocycles. The third-order valence-electron chi connectivity index (χ3n) is 4.69. The Morgan fingerprint density at radius 2 is 1.79 bits per heavy atom. The highest BCUT2D eigenvalue weighted by Gasteiger charge is 2.26. The second-order valence-corrected chi connectivity index (χ2v) is 7.97. The van der Waals surface area contributed by atoms with Crippen molar-refractivity contribution in [3.8, 4) is 0 Å². The van der Waals surface area contributed by atoms with Gasteiger partial charge in [-0.1, -0.05) is 26.0 Å². The predicted molar refractivity (Wildman–Crippen MR) is 130 cm³/mol.